The van der Waals surface area contributed by atoms with E-state index in [4.69, 9.17) is 14.2 Å². The second-order valence-corrected chi connectivity index (χ2v) is 7.46. The summed E-state index contributed by atoms with van der Waals surface area (Å²) in [7, 11) is 3.01. The van der Waals surface area contributed by atoms with Crippen LogP contribution in [0.15, 0.2) is 18.2 Å². The normalized spacial score (nSPS) is 18.0. The van der Waals surface area contributed by atoms with Gasteiger partial charge in [0, 0.05) is 11.6 Å². The third-order valence-electron chi connectivity index (χ3n) is 5.66. The number of ether oxygens (including phenoxy) is 3. The zero-order valence-electron chi connectivity index (χ0n) is 17.2. The van der Waals surface area contributed by atoms with Gasteiger partial charge in [-0.15, -0.1) is 0 Å². The highest BCUT2D eigenvalue weighted by Crippen LogP contribution is 2.35. The first kappa shape index (κ1) is 21.6. The van der Waals surface area contributed by atoms with Gasteiger partial charge in [-0.3, -0.25) is 24.5 Å². The van der Waals surface area contributed by atoms with Gasteiger partial charge in [0.2, 0.25) is 5.91 Å². The molecular weight excluding hydrogens is 392 g/mol. The number of nitrogens with one attached hydrogen (secondary N) is 1. The number of amides is 3. The summed E-state index contributed by atoms with van der Waals surface area (Å²) in [5, 5.41) is 2.34. The Labute approximate surface area is 174 Å². The van der Waals surface area contributed by atoms with Gasteiger partial charge in [-0.2, -0.15) is 0 Å². The number of nitrogens with zero attached hydrogens (tertiary/aromatic N) is 1. The lowest BCUT2D eigenvalue weighted by Crippen LogP contribution is -2.69. The van der Waals surface area contributed by atoms with Crippen molar-refractivity contribution in [2.45, 2.75) is 44.1 Å². The molecule has 2 aliphatic rings. The SMILES string of the molecule is COc1ccc(CC(=O)OCC(=O)N2CC(=O)NC(=O)C23CCCCC3)c(OC)c1. The smallest absolute Gasteiger partial charge is 0.310 e. The van der Waals surface area contributed by atoms with E-state index < -0.39 is 35.8 Å². The highest BCUT2D eigenvalue weighted by Gasteiger charge is 2.51. The molecule has 0 bridgehead atoms. The van der Waals surface area contributed by atoms with Crippen molar-refractivity contribution >= 4 is 23.7 Å². The molecule has 1 aliphatic carbocycles. The number of hydrogen-bond acceptors (Lipinski definition) is 7. The minimum Gasteiger partial charge on any atom is -0.497 e. The van der Waals surface area contributed by atoms with E-state index >= 15 is 0 Å². The molecule has 1 aliphatic heterocycles. The predicted octanol–water partition coefficient (Wildman–Crippen LogP) is 0.977. The van der Waals surface area contributed by atoms with E-state index in [0.717, 1.165) is 19.3 Å². The van der Waals surface area contributed by atoms with Crippen molar-refractivity contribution in [3.05, 3.63) is 23.8 Å². The van der Waals surface area contributed by atoms with Gasteiger partial charge in [-0.1, -0.05) is 25.3 Å². The van der Waals surface area contributed by atoms with Crippen LogP contribution in [0.4, 0.5) is 0 Å². The maximum atomic E-state index is 12.8. The maximum Gasteiger partial charge on any atom is 0.310 e. The molecule has 1 spiro atoms. The van der Waals surface area contributed by atoms with Gasteiger partial charge in [0.25, 0.3) is 11.8 Å². The van der Waals surface area contributed by atoms with Crippen LogP contribution in [0.25, 0.3) is 0 Å². The van der Waals surface area contributed by atoms with Crippen LogP contribution in [-0.4, -0.2) is 61.5 Å². The summed E-state index contributed by atoms with van der Waals surface area (Å²) in [5.74, 6) is -1.07. The highest BCUT2D eigenvalue weighted by atomic mass is 16.5. The van der Waals surface area contributed by atoms with Gasteiger partial charge in [0.15, 0.2) is 6.61 Å². The standard InChI is InChI=1S/C21H26N2O7/c1-28-15-7-6-14(16(11-15)29-2)10-19(26)30-13-18(25)23-12-17(24)22-20(27)21(23)8-4-3-5-9-21/h6-7,11H,3-5,8-10,12-13H2,1-2H3,(H,22,24,27). The van der Waals surface area contributed by atoms with Crippen molar-refractivity contribution in [3.63, 3.8) is 0 Å². The zero-order chi connectivity index (χ0) is 21.7. The van der Waals surface area contributed by atoms with E-state index in [2.05, 4.69) is 5.32 Å². The molecule has 3 rings (SSSR count). The predicted molar refractivity (Wildman–Crippen MR) is 105 cm³/mol. The molecule has 0 unspecified atom stereocenters. The molecule has 9 heteroatoms. The largest absolute Gasteiger partial charge is 0.497 e. The van der Waals surface area contributed by atoms with Crippen LogP contribution < -0.4 is 14.8 Å². The number of esters is 1. The van der Waals surface area contributed by atoms with Crippen LogP contribution in [0.2, 0.25) is 0 Å². The fourth-order valence-corrected chi connectivity index (χ4v) is 4.09. The molecule has 1 aromatic carbocycles. The number of imide groups is 1. The maximum absolute atomic E-state index is 12.8. The fourth-order valence-electron chi connectivity index (χ4n) is 4.09. The minimum absolute atomic E-state index is 0.0923. The van der Waals surface area contributed by atoms with E-state index in [9.17, 15) is 19.2 Å². The fraction of sp³-hybridized carbons (Fsp3) is 0.524. The summed E-state index contributed by atoms with van der Waals surface area (Å²) in [6.45, 7) is -0.742. The Hall–Kier alpha value is -3.10. The van der Waals surface area contributed by atoms with Crippen molar-refractivity contribution in [1.82, 2.24) is 10.2 Å². The molecule has 3 amide bonds. The van der Waals surface area contributed by atoms with Crippen molar-refractivity contribution in [1.29, 1.82) is 0 Å². The van der Waals surface area contributed by atoms with E-state index in [0.29, 0.717) is 29.9 Å². The summed E-state index contributed by atoms with van der Waals surface area (Å²) in [6, 6.07) is 5.03. The molecule has 1 heterocycles. The van der Waals surface area contributed by atoms with Crippen molar-refractivity contribution in [2.75, 3.05) is 27.4 Å². The average Bonchev–Trinajstić information content (AvgIpc) is 2.75. The average molecular weight is 418 g/mol. The number of rotatable bonds is 6. The van der Waals surface area contributed by atoms with Gasteiger partial charge in [0.1, 0.15) is 23.6 Å². The molecule has 0 radical (unpaired) electrons. The Morgan fingerprint density at radius 2 is 1.83 bits per heavy atom. The van der Waals surface area contributed by atoms with Crippen LogP contribution in [0.3, 0.4) is 0 Å². The topological polar surface area (TPSA) is 111 Å². The van der Waals surface area contributed by atoms with Crippen LogP contribution in [0.5, 0.6) is 11.5 Å². The molecule has 9 nitrogen and oxygen atoms in total. The lowest BCUT2D eigenvalue weighted by molar-refractivity contribution is -0.164. The monoisotopic (exact) mass is 418 g/mol. The Morgan fingerprint density at radius 1 is 1.10 bits per heavy atom. The van der Waals surface area contributed by atoms with Gasteiger partial charge in [-0.25, -0.2) is 0 Å². The summed E-state index contributed by atoms with van der Waals surface area (Å²) in [5.41, 5.74) is -0.443. The number of piperazine rings is 1. The van der Waals surface area contributed by atoms with Crippen LogP contribution in [0, 0.1) is 0 Å². The molecule has 1 N–H and O–H groups in total. The van der Waals surface area contributed by atoms with Gasteiger partial charge >= 0.3 is 5.97 Å². The molecule has 0 aromatic heterocycles. The minimum atomic E-state index is -1.03. The Kier molecular flexibility index (Phi) is 6.59. The first-order valence-corrected chi connectivity index (χ1v) is 9.91. The zero-order valence-corrected chi connectivity index (χ0v) is 17.2. The second kappa shape index (κ2) is 9.15. The van der Waals surface area contributed by atoms with Crippen molar-refractivity contribution in [3.8, 4) is 11.5 Å². The summed E-state index contributed by atoms with van der Waals surface area (Å²) >= 11 is 0. The summed E-state index contributed by atoms with van der Waals surface area (Å²) in [6.07, 6.45) is 3.46. The molecule has 1 saturated heterocycles. The molecule has 1 aromatic rings. The summed E-state index contributed by atoms with van der Waals surface area (Å²) in [4.78, 5) is 50.8. The Balaban J connectivity index is 1.64. The van der Waals surface area contributed by atoms with E-state index in [1.807, 2.05) is 0 Å². The Morgan fingerprint density at radius 3 is 2.50 bits per heavy atom. The summed E-state index contributed by atoms with van der Waals surface area (Å²) < 4.78 is 15.6. The van der Waals surface area contributed by atoms with Crippen LogP contribution >= 0.6 is 0 Å². The number of carbonyl (C=O) groups excluding carboxylic acids is 4. The van der Waals surface area contributed by atoms with Gasteiger partial charge in [-0.05, 0) is 18.9 Å². The third-order valence-corrected chi connectivity index (χ3v) is 5.66. The lowest BCUT2D eigenvalue weighted by Gasteiger charge is -2.47. The first-order valence-electron chi connectivity index (χ1n) is 9.91. The molecule has 30 heavy (non-hydrogen) atoms. The van der Waals surface area contributed by atoms with Crippen LogP contribution in [-0.2, 0) is 30.3 Å². The first-order chi connectivity index (χ1) is 14.4. The Bertz CT molecular complexity index is 846. The van der Waals surface area contributed by atoms with E-state index in [-0.39, 0.29) is 13.0 Å². The van der Waals surface area contributed by atoms with E-state index in [1.165, 1.54) is 19.1 Å². The quantitative estimate of drug-likeness (QED) is 0.541. The van der Waals surface area contributed by atoms with Gasteiger partial charge in [0.05, 0.1) is 20.6 Å². The molecule has 162 valence electrons. The van der Waals surface area contributed by atoms with Crippen molar-refractivity contribution in [2.24, 2.45) is 0 Å². The molecule has 0 atom stereocenters. The second-order valence-electron chi connectivity index (χ2n) is 7.46. The molecular formula is C21H26N2O7. The number of methoxy groups -OCH3 is 2. The van der Waals surface area contributed by atoms with Crippen LogP contribution in [0.1, 0.15) is 37.7 Å². The highest BCUT2D eigenvalue weighted by molar-refractivity contribution is 6.06. The van der Waals surface area contributed by atoms with Gasteiger partial charge < -0.3 is 19.1 Å². The number of benzene rings is 1. The third kappa shape index (κ3) is 4.39. The molecule has 2 fully saturated rings. The molecule has 1 saturated carbocycles. The van der Waals surface area contributed by atoms with E-state index in [1.54, 1.807) is 18.2 Å². The van der Waals surface area contributed by atoms with Crippen molar-refractivity contribution < 1.29 is 33.4 Å². The lowest BCUT2D eigenvalue weighted by atomic mass is 9.78. The number of carbonyl (C=O) groups is 4. The number of hydrogen-bond donors (Lipinski definition) is 1.